The Morgan fingerprint density at radius 3 is 3.07 bits per heavy atom. The molecule has 1 saturated heterocycles. The van der Waals surface area contributed by atoms with Crippen LogP contribution < -0.4 is 5.32 Å². The van der Waals surface area contributed by atoms with E-state index in [0.29, 0.717) is 5.92 Å². The van der Waals surface area contributed by atoms with Crippen molar-refractivity contribution < 1.29 is 0 Å². The van der Waals surface area contributed by atoms with Crippen LogP contribution >= 0.6 is 22.9 Å². The van der Waals surface area contributed by atoms with Crippen molar-refractivity contribution in [3.8, 4) is 0 Å². The van der Waals surface area contributed by atoms with E-state index in [4.69, 9.17) is 11.6 Å². The maximum Gasteiger partial charge on any atom is 0.0934 e. The molecule has 14 heavy (non-hydrogen) atoms. The quantitative estimate of drug-likeness (QED) is 0.776. The largest absolute Gasteiger partial charge is 0.316 e. The van der Waals surface area contributed by atoms with Crippen LogP contribution in [0.4, 0.5) is 0 Å². The smallest absolute Gasteiger partial charge is 0.0934 e. The molecule has 1 aliphatic rings. The van der Waals surface area contributed by atoms with Crippen molar-refractivity contribution in [2.24, 2.45) is 5.92 Å². The Morgan fingerprint density at radius 2 is 2.43 bits per heavy atom. The van der Waals surface area contributed by atoms with Crippen molar-refractivity contribution in [1.29, 1.82) is 0 Å². The molecule has 1 N–H and O–H groups in total. The van der Waals surface area contributed by atoms with Crippen molar-refractivity contribution in [2.75, 3.05) is 13.1 Å². The lowest BCUT2D eigenvalue weighted by Crippen LogP contribution is -2.29. The summed E-state index contributed by atoms with van der Waals surface area (Å²) in [5, 5.41) is 3.39. The van der Waals surface area contributed by atoms with Crippen molar-refractivity contribution in [3.63, 3.8) is 0 Å². The fraction of sp³-hybridized carbons (Fsp3) is 0.455. The summed E-state index contributed by atoms with van der Waals surface area (Å²) in [5.41, 5.74) is 1.54. The molecule has 0 spiro atoms. The summed E-state index contributed by atoms with van der Waals surface area (Å²) in [7, 11) is 0. The Hall–Kier alpha value is -0.310. The van der Waals surface area contributed by atoms with Crippen LogP contribution in [0.25, 0.3) is 6.08 Å². The molecule has 0 aromatic carbocycles. The first kappa shape index (κ1) is 10.2. The van der Waals surface area contributed by atoms with Gasteiger partial charge in [-0.3, -0.25) is 0 Å². The molecule has 1 unspecified atom stereocenters. The van der Waals surface area contributed by atoms with Crippen LogP contribution in [0.15, 0.2) is 17.7 Å². The SMILES string of the molecule is CC1CNCC/C1=C\c1ccc(Cl)s1. The van der Waals surface area contributed by atoms with E-state index in [1.54, 1.807) is 16.9 Å². The van der Waals surface area contributed by atoms with Crippen LogP contribution in [0.2, 0.25) is 4.34 Å². The Kier molecular flexibility index (Phi) is 3.26. The first-order valence-corrected chi connectivity index (χ1v) is 6.11. The maximum absolute atomic E-state index is 5.89. The summed E-state index contributed by atoms with van der Waals surface area (Å²) in [6, 6.07) is 4.05. The summed E-state index contributed by atoms with van der Waals surface area (Å²) in [6.07, 6.45) is 3.46. The van der Waals surface area contributed by atoms with E-state index in [9.17, 15) is 0 Å². The Bertz CT molecular complexity index is 343. The second-order valence-corrected chi connectivity index (χ2v) is 5.46. The lowest BCUT2D eigenvalue weighted by molar-refractivity contribution is 0.505. The fourth-order valence-electron chi connectivity index (χ4n) is 1.73. The number of hydrogen-bond acceptors (Lipinski definition) is 2. The third kappa shape index (κ3) is 2.38. The zero-order chi connectivity index (χ0) is 9.97. The second kappa shape index (κ2) is 4.47. The van der Waals surface area contributed by atoms with E-state index < -0.39 is 0 Å². The van der Waals surface area contributed by atoms with Gasteiger partial charge in [0.25, 0.3) is 0 Å². The van der Waals surface area contributed by atoms with Gasteiger partial charge in [-0.25, -0.2) is 0 Å². The molecule has 1 aromatic rings. The van der Waals surface area contributed by atoms with E-state index in [-0.39, 0.29) is 0 Å². The molecule has 0 saturated carbocycles. The fourth-order valence-corrected chi connectivity index (χ4v) is 2.77. The summed E-state index contributed by atoms with van der Waals surface area (Å²) in [4.78, 5) is 1.28. The minimum absolute atomic E-state index is 0.657. The molecule has 1 aromatic heterocycles. The summed E-state index contributed by atoms with van der Waals surface area (Å²) in [5.74, 6) is 0.657. The molecular weight excluding hydrogens is 214 g/mol. The Morgan fingerprint density at radius 1 is 1.57 bits per heavy atom. The normalized spacial score (nSPS) is 25.6. The third-order valence-corrected chi connectivity index (χ3v) is 3.77. The van der Waals surface area contributed by atoms with Crippen LogP contribution in [0.5, 0.6) is 0 Å². The molecule has 0 amide bonds. The molecule has 1 nitrogen and oxygen atoms in total. The van der Waals surface area contributed by atoms with Crippen LogP contribution in [0, 0.1) is 5.92 Å². The minimum atomic E-state index is 0.657. The van der Waals surface area contributed by atoms with Gasteiger partial charge >= 0.3 is 0 Å². The Labute approximate surface area is 93.8 Å². The van der Waals surface area contributed by atoms with Gasteiger partial charge in [-0.05, 0) is 37.1 Å². The van der Waals surface area contributed by atoms with Gasteiger partial charge in [0.2, 0.25) is 0 Å². The lowest BCUT2D eigenvalue weighted by atomic mass is 9.94. The van der Waals surface area contributed by atoms with Gasteiger partial charge in [0.05, 0.1) is 4.34 Å². The molecule has 2 heterocycles. The standard InChI is InChI=1S/C11H14ClNS/c1-8-7-13-5-4-9(8)6-10-2-3-11(12)14-10/h2-3,6,8,13H,4-5,7H2,1H3/b9-6+. The molecule has 0 radical (unpaired) electrons. The molecule has 1 atom stereocenters. The molecule has 1 fully saturated rings. The molecule has 1 aliphatic heterocycles. The average molecular weight is 228 g/mol. The highest BCUT2D eigenvalue weighted by molar-refractivity contribution is 7.17. The number of piperidine rings is 1. The number of nitrogens with one attached hydrogen (secondary N) is 1. The number of rotatable bonds is 1. The van der Waals surface area contributed by atoms with Crippen molar-refractivity contribution >= 4 is 29.0 Å². The highest BCUT2D eigenvalue weighted by atomic mass is 35.5. The molecule has 0 aliphatic carbocycles. The van der Waals surface area contributed by atoms with Gasteiger partial charge in [-0.15, -0.1) is 11.3 Å². The minimum Gasteiger partial charge on any atom is -0.316 e. The average Bonchev–Trinajstić information content (AvgIpc) is 2.56. The highest BCUT2D eigenvalue weighted by Crippen LogP contribution is 2.27. The van der Waals surface area contributed by atoms with Crippen LogP contribution in [-0.4, -0.2) is 13.1 Å². The van der Waals surface area contributed by atoms with E-state index in [0.717, 1.165) is 23.8 Å². The zero-order valence-corrected chi connectivity index (χ0v) is 9.79. The van der Waals surface area contributed by atoms with E-state index in [2.05, 4.69) is 24.4 Å². The van der Waals surface area contributed by atoms with Crippen molar-refractivity contribution in [1.82, 2.24) is 5.32 Å². The van der Waals surface area contributed by atoms with Gasteiger partial charge in [-0.1, -0.05) is 24.1 Å². The van der Waals surface area contributed by atoms with Crippen LogP contribution in [0.3, 0.4) is 0 Å². The van der Waals surface area contributed by atoms with Crippen molar-refractivity contribution in [3.05, 3.63) is 26.9 Å². The predicted octanol–water partition coefficient (Wildman–Crippen LogP) is 3.41. The van der Waals surface area contributed by atoms with Crippen molar-refractivity contribution in [2.45, 2.75) is 13.3 Å². The third-order valence-electron chi connectivity index (χ3n) is 2.60. The summed E-state index contributed by atoms with van der Waals surface area (Å²) in [6.45, 7) is 4.48. The Balaban J connectivity index is 2.16. The monoisotopic (exact) mass is 227 g/mol. The zero-order valence-electron chi connectivity index (χ0n) is 8.22. The van der Waals surface area contributed by atoms with Crippen LogP contribution in [-0.2, 0) is 0 Å². The van der Waals surface area contributed by atoms with Gasteiger partial charge in [-0.2, -0.15) is 0 Å². The first-order valence-electron chi connectivity index (χ1n) is 4.92. The second-order valence-electron chi connectivity index (χ2n) is 3.72. The first-order chi connectivity index (χ1) is 6.75. The van der Waals surface area contributed by atoms with Gasteiger partial charge in [0.1, 0.15) is 0 Å². The molecule has 0 bridgehead atoms. The molecule has 76 valence electrons. The topological polar surface area (TPSA) is 12.0 Å². The number of halogens is 1. The maximum atomic E-state index is 5.89. The lowest BCUT2D eigenvalue weighted by Gasteiger charge is -2.22. The molecule has 2 rings (SSSR count). The van der Waals surface area contributed by atoms with Crippen LogP contribution in [0.1, 0.15) is 18.2 Å². The summed E-state index contributed by atoms with van der Waals surface area (Å²) < 4.78 is 0.874. The van der Waals surface area contributed by atoms with Gasteiger partial charge in [0.15, 0.2) is 0 Å². The van der Waals surface area contributed by atoms with E-state index in [1.165, 1.54) is 4.88 Å². The summed E-state index contributed by atoms with van der Waals surface area (Å²) >= 11 is 7.54. The van der Waals surface area contributed by atoms with Gasteiger partial charge in [0, 0.05) is 11.4 Å². The number of thiophene rings is 1. The number of hydrogen-bond donors (Lipinski definition) is 1. The van der Waals surface area contributed by atoms with E-state index >= 15 is 0 Å². The highest BCUT2D eigenvalue weighted by Gasteiger charge is 2.13. The molecular formula is C11H14ClNS. The molecule has 3 heteroatoms. The van der Waals surface area contributed by atoms with Gasteiger partial charge < -0.3 is 5.32 Å². The predicted molar refractivity (Wildman–Crippen MR) is 64.0 cm³/mol. The van der Waals surface area contributed by atoms with E-state index in [1.807, 2.05) is 6.07 Å².